The highest BCUT2D eigenvalue weighted by atomic mass is 31.1. The summed E-state index contributed by atoms with van der Waals surface area (Å²) in [6, 6.07) is 0. The molecule has 0 fully saturated rings. The van der Waals surface area contributed by atoms with Crippen molar-refractivity contribution in [2.75, 3.05) is 19.8 Å². The Hall–Kier alpha value is -0.0600. The molecule has 0 rings (SSSR count). The molecule has 0 bridgehead atoms. The fraction of sp³-hybridized carbons (Fsp3) is 1.00. The Morgan fingerprint density at radius 3 is 2.12 bits per heavy atom. The number of ether oxygens (including phenoxy) is 2. The molecule has 0 saturated heterocycles. The van der Waals surface area contributed by atoms with Crippen molar-refractivity contribution in [2.24, 2.45) is 5.73 Å². The van der Waals surface area contributed by atoms with Crippen LogP contribution in [0.1, 0.15) is 39.5 Å². The molecule has 96 valence electrons. The average Bonchev–Trinajstić information content (AvgIpc) is 2.31. The van der Waals surface area contributed by atoms with E-state index in [1.807, 2.05) is 13.8 Å². The van der Waals surface area contributed by atoms with E-state index in [1.165, 1.54) is 0 Å². The van der Waals surface area contributed by atoms with E-state index in [2.05, 4.69) is 0 Å². The third kappa shape index (κ3) is 6.51. The Morgan fingerprint density at radius 1 is 1.19 bits per heavy atom. The van der Waals surface area contributed by atoms with E-state index < -0.39 is 14.7 Å². The smallest absolute Gasteiger partial charge is 0.330 e. The van der Waals surface area contributed by atoms with Crippen molar-refractivity contribution in [3.8, 4) is 0 Å². The number of rotatable bonds is 11. The van der Waals surface area contributed by atoms with Gasteiger partial charge in [0.1, 0.15) is 0 Å². The summed E-state index contributed by atoms with van der Waals surface area (Å²) in [6.07, 6.45) is 2.87. The summed E-state index contributed by atoms with van der Waals surface area (Å²) < 4.78 is 26.7. The summed E-state index contributed by atoms with van der Waals surface area (Å²) >= 11 is 0. The zero-order chi connectivity index (χ0) is 12.3. The lowest BCUT2D eigenvalue weighted by Gasteiger charge is -2.30. The van der Waals surface area contributed by atoms with E-state index in [0.717, 1.165) is 12.8 Å². The van der Waals surface area contributed by atoms with Gasteiger partial charge in [-0.3, -0.25) is 0 Å². The van der Waals surface area contributed by atoms with Crippen LogP contribution in [-0.2, 0) is 18.6 Å². The minimum absolute atomic E-state index is 0.439. The van der Waals surface area contributed by atoms with Gasteiger partial charge < -0.3 is 15.2 Å². The van der Waals surface area contributed by atoms with Gasteiger partial charge in [0.05, 0.1) is 13.2 Å². The molecule has 5 nitrogen and oxygen atoms in total. The van der Waals surface area contributed by atoms with Gasteiger partial charge in [0, 0.05) is 6.42 Å². The van der Waals surface area contributed by atoms with Gasteiger partial charge in [0.15, 0.2) is 0 Å². The van der Waals surface area contributed by atoms with Crippen LogP contribution in [0, 0.1) is 0 Å². The van der Waals surface area contributed by atoms with Crippen molar-refractivity contribution in [2.45, 2.75) is 45.5 Å². The largest absolute Gasteiger partial charge is 0.332 e. The maximum absolute atomic E-state index is 10.6. The fourth-order valence-electron chi connectivity index (χ4n) is 1.17. The predicted molar refractivity (Wildman–Crippen MR) is 62.2 cm³/mol. The van der Waals surface area contributed by atoms with Gasteiger partial charge in [-0.1, -0.05) is 13.8 Å². The lowest BCUT2D eigenvalue weighted by molar-refractivity contribution is -0.344. The van der Waals surface area contributed by atoms with E-state index in [1.54, 1.807) is 0 Å². The first-order valence-corrected chi connectivity index (χ1v) is 6.46. The van der Waals surface area contributed by atoms with Crippen LogP contribution in [0.3, 0.4) is 0 Å². The van der Waals surface area contributed by atoms with Crippen molar-refractivity contribution in [1.82, 2.24) is 0 Å². The van der Waals surface area contributed by atoms with Crippen LogP contribution in [-0.4, -0.2) is 25.7 Å². The van der Waals surface area contributed by atoms with Crippen molar-refractivity contribution in [1.29, 1.82) is 0 Å². The average molecular weight is 251 g/mol. The van der Waals surface area contributed by atoms with Crippen LogP contribution in [0.5, 0.6) is 0 Å². The van der Waals surface area contributed by atoms with Crippen molar-refractivity contribution in [3.63, 3.8) is 0 Å². The van der Waals surface area contributed by atoms with Gasteiger partial charge in [-0.15, -0.1) is 0 Å². The van der Waals surface area contributed by atoms with Crippen LogP contribution in [0.15, 0.2) is 0 Å². The fourth-order valence-corrected chi connectivity index (χ4v) is 1.49. The molecule has 0 aliphatic heterocycles. The Kier molecular flexibility index (Phi) is 10.1. The minimum atomic E-state index is -1.20. The van der Waals surface area contributed by atoms with E-state index >= 15 is 0 Å². The van der Waals surface area contributed by atoms with Crippen LogP contribution >= 0.6 is 8.69 Å². The zero-order valence-electron chi connectivity index (χ0n) is 10.1. The highest BCUT2D eigenvalue weighted by Gasteiger charge is 2.33. The molecule has 0 saturated carbocycles. The predicted octanol–water partition coefficient (Wildman–Crippen LogP) is 2.46. The molecule has 0 aromatic rings. The van der Waals surface area contributed by atoms with E-state index in [-0.39, 0.29) is 0 Å². The first-order chi connectivity index (χ1) is 7.74. The highest BCUT2D eigenvalue weighted by Crippen LogP contribution is 2.26. The summed E-state index contributed by atoms with van der Waals surface area (Å²) in [5, 5.41) is 0. The molecule has 0 heterocycles. The molecule has 0 atom stereocenters. The maximum Gasteiger partial charge on any atom is 0.332 e. The zero-order valence-corrected chi connectivity index (χ0v) is 11.0. The van der Waals surface area contributed by atoms with Crippen LogP contribution in [0.4, 0.5) is 0 Å². The highest BCUT2D eigenvalue weighted by molar-refractivity contribution is 7.17. The summed E-state index contributed by atoms with van der Waals surface area (Å²) in [7, 11) is -0.439. The van der Waals surface area contributed by atoms with Gasteiger partial charge in [0.2, 0.25) is 0 Å². The summed E-state index contributed by atoms with van der Waals surface area (Å²) in [5.74, 6) is -1.20. The first kappa shape index (κ1) is 15.9. The van der Waals surface area contributed by atoms with Gasteiger partial charge in [-0.25, -0.2) is 9.09 Å². The number of hydrogen-bond acceptors (Lipinski definition) is 5. The lowest BCUT2D eigenvalue weighted by Crippen LogP contribution is -2.38. The third-order valence-electron chi connectivity index (χ3n) is 1.92. The van der Waals surface area contributed by atoms with E-state index in [0.29, 0.717) is 32.6 Å². The molecule has 0 radical (unpaired) electrons. The van der Waals surface area contributed by atoms with Crippen LogP contribution in [0.25, 0.3) is 0 Å². The van der Waals surface area contributed by atoms with Gasteiger partial charge >= 0.3 is 8.69 Å². The Balaban J connectivity index is 4.37. The van der Waals surface area contributed by atoms with Crippen LogP contribution in [0.2, 0.25) is 0 Å². The van der Waals surface area contributed by atoms with Gasteiger partial charge in [-0.05, 0) is 25.8 Å². The molecule has 6 heteroatoms. The van der Waals surface area contributed by atoms with Gasteiger partial charge in [0.25, 0.3) is 5.97 Å². The Labute approximate surface area is 98.9 Å². The van der Waals surface area contributed by atoms with Crippen molar-refractivity contribution < 1.29 is 18.6 Å². The molecule has 0 spiro atoms. The standard InChI is InChI=1S/C10H22NO4P/c1-3-8-13-10(15-16-12,6-5-7-11)14-9-4-2/h3-9,11H2,1-2H3. The molecule has 0 aliphatic carbocycles. The maximum atomic E-state index is 10.6. The summed E-state index contributed by atoms with van der Waals surface area (Å²) in [6.45, 7) is 5.50. The molecule has 2 N–H and O–H groups in total. The van der Waals surface area contributed by atoms with E-state index in [4.69, 9.17) is 19.7 Å². The second-order valence-corrected chi connectivity index (χ2v) is 3.77. The lowest BCUT2D eigenvalue weighted by atomic mass is 10.2. The SMILES string of the molecule is CCCOC(CCCN)(OCCC)OP=O. The van der Waals surface area contributed by atoms with Crippen molar-refractivity contribution in [3.05, 3.63) is 0 Å². The molecule has 0 aromatic heterocycles. The van der Waals surface area contributed by atoms with Crippen molar-refractivity contribution >= 4 is 8.69 Å². The number of nitrogens with two attached hydrogens (primary N) is 1. The van der Waals surface area contributed by atoms with Crippen LogP contribution < -0.4 is 5.73 Å². The van der Waals surface area contributed by atoms with E-state index in [9.17, 15) is 4.57 Å². The molecule has 0 amide bonds. The summed E-state index contributed by atoms with van der Waals surface area (Å²) in [4.78, 5) is 0. The normalized spacial score (nSPS) is 12.2. The van der Waals surface area contributed by atoms with Gasteiger partial charge in [-0.2, -0.15) is 0 Å². The molecular formula is C10H22NO4P. The second kappa shape index (κ2) is 10.1. The molecule has 0 aromatic carbocycles. The molecule has 16 heavy (non-hydrogen) atoms. The minimum Gasteiger partial charge on any atom is -0.330 e. The second-order valence-electron chi connectivity index (χ2n) is 3.44. The topological polar surface area (TPSA) is 70.8 Å². The quantitative estimate of drug-likeness (QED) is 0.451. The monoisotopic (exact) mass is 251 g/mol. The molecule has 0 unspecified atom stereocenters. The molecular weight excluding hydrogens is 229 g/mol. The number of hydrogen-bond donors (Lipinski definition) is 1. The third-order valence-corrected chi connectivity index (χ3v) is 2.27. The first-order valence-electron chi connectivity index (χ1n) is 5.73. The Bertz CT molecular complexity index is 158. The molecule has 0 aliphatic rings. The summed E-state index contributed by atoms with van der Waals surface area (Å²) in [5.41, 5.74) is 5.44. The Morgan fingerprint density at radius 2 is 1.75 bits per heavy atom.